The van der Waals surface area contributed by atoms with E-state index in [1.807, 2.05) is 30.3 Å². The molecule has 1 aromatic carbocycles. The van der Waals surface area contributed by atoms with Crippen molar-refractivity contribution in [2.75, 3.05) is 6.54 Å². The summed E-state index contributed by atoms with van der Waals surface area (Å²) in [6.07, 6.45) is 21.3. The second kappa shape index (κ2) is 17.5. The summed E-state index contributed by atoms with van der Waals surface area (Å²) in [6, 6.07) is 8.51. The number of carbonyl (C=O) groups excluding carboxylic acids is 2. The molecule has 57 heavy (non-hydrogen) atoms. The molecule has 4 saturated carbocycles. The molecule has 6 rings (SSSR count). The van der Waals surface area contributed by atoms with E-state index in [-0.39, 0.29) is 45.5 Å². The van der Waals surface area contributed by atoms with Gasteiger partial charge in [-0.25, -0.2) is 4.79 Å². The van der Waals surface area contributed by atoms with Gasteiger partial charge in [0.2, 0.25) is 11.8 Å². The van der Waals surface area contributed by atoms with Gasteiger partial charge in [0.1, 0.15) is 6.04 Å². The predicted octanol–water partition coefficient (Wildman–Crippen LogP) is 10.4. The van der Waals surface area contributed by atoms with Crippen molar-refractivity contribution >= 4 is 17.8 Å². The Kier molecular flexibility index (Phi) is 13.5. The number of carbonyl (C=O) groups is 3. The fourth-order valence-electron chi connectivity index (χ4n) is 14.0. The Balaban J connectivity index is 0.958. The molecule has 7 heteroatoms. The summed E-state index contributed by atoms with van der Waals surface area (Å²) in [5, 5.41) is 26.9. The number of amides is 2. The Bertz CT molecular complexity index is 1610. The Hall–Kier alpha value is -2.67. The van der Waals surface area contributed by atoms with Gasteiger partial charge in [-0.2, -0.15) is 0 Å². The van der Waals surface area contributed by atoms with Gasteiger partial charge in [-0.15, -0.1) is 0 Å². The van der Waals surface area contributed by atoms with Crippen LogP contribution in [0.5, 0.6) is 0 Å². The number of benzene rings is 1. The van der Waals surface area contributed by atoms with E-state index in [2.05, 4.69) is 65.2 Å². The van der Waals surface area contributed by atoms with Crippen LogP contribution in [0.3, 0.4) is 0 Å². The molecule has 0 heterocycles. The Morgan fingerprint density at radius 2 is 1.46 bits per heavy atom. The minimum atomic E-state index is -1.00. The maximum atomic E-state index is 14.5. The number of unbranched alkanes of at least 4 members (excludes halogenated alkanes) is 7. The Labute approximate surface area is 345 Å². The largest absolute Gasteiger partial charge is 0.480 e. The third-order valence-electron chi connectivity index (χ3n) is 18.0. The van der Waals surface area contributed by atoms with Gasteiger partial charge >= 0.3 is 5.97 Å². The summed E-state index contributed by atoms with van der Waals surface area (Å²) >= 11 is 0. The molecule has 0 unspecified atom stereocenters. The number of rotatable bonds is 16. The Morgan fingerprint density at radius 3 is 2.14 bits per heavy atom. The van der Waals surface area contributed by atoms with Crippen LogP contribution in [0.2, 0.25) is 0 Å². The first kappa shape index (κ1) is 43.9. The van der Waals surface area contributed by atoms with Gasteiger partial charge < -0.3 is 20.8 Å². The van der Waals surface area contributed by atoms with Crippen molar-refractivity contribution in [3.8, 4) is 0 Å². The Morgan fingerprint density at radius 1 is 0.789 bits per heavy atom. The topological polar surface area (TPSA) is 116 Å². The number of aliphatic carboxylic acids is 1. The zero-order valence-corrected chi connectivity index (χ0v) is 36.8. The number of aliphatic hydroxyl groups excluding tert-OH is 1. The van der Waals surface area contributed by atoms with Crippen LogP contribution in [0.15, 0.2) is 42.0 Å². The molecule has 5 aliphatic rings. The highest BCUT2D eigenvalue weighted by molar-refractivity contribution is 5.84. The smallest absolute Gasteiger partial charge is 0.326 e. The van der Waals surface area contributed by atoms with Crippen molar-refractivity contribution < 1.29 is 24.6 Å². The number of nitrogens with one attached hydrogen (secondary N) is 2. The maximum absolute atomic E-state index is 14.5. The van der Waals surface area contributed by atoms with E-state index in [4.69, 9.17) is 0 Å². The minimum absolute atomic E-state index is 0.0477. The molecule has 1 aromatic rings. The molecule has 0 aromatic heterocycles. The molecule has 11 atom stereocenters. The van der Waals surface area contributed by atoms with Crippen molar-refractivity contribution in [2.45, 2.75) is 183 Å². The lowest BCUT2D eigenvalue weighted by molar-refractivity contribution is -0.204. The van der Waals surface area contributed by atoms with E-state index in [1.54, 1.807) is 5.57 Å². The van der Waals surface area contributed by atoms with Crippen molar-refractivity contribution in [2.24, 2.45) is 56.7 Å². The molecule has 0 spiro atoms. The van der Waals surface area contributed by atoms with Crippen LogP contribution in [-0.4, -0.2) is 46.7 Å². The van der Waals surface area contributed by atoms with E-state index < -0.39 is 12.0 Å². The highest BCUT2D eigenvalue weighted by Gasteiger charge is 2.69. The molecule has 0 radical (unpaired) electrons. The SMILES string of the molecule is C[C@H]1[C@H](C)CC[C@]2(C(=O)NCCCCCCCCCCC(=O)N[C@@H](Cc3ccccc3)C(=O)O)CC[C@]3(C)C(=CC[C@@H]4[C@@]5(C)CC[C@H](O)C(C)(C)[C@@H]5CC[C@]43C)[C@H]12. The van der Waals surface area contributed by atoms with Crippen LogP contribution >= 0.6 is 0 Å². The molecular formula is C50H78N2O5. The first-order chi connectivity index (χ1) is 27.0. The number of hydrogen-bond donors (Lipinski definition) is 4. The lowest BCUT2D eigenvalue weighted by atomic mass is 9.33. The van der Waals surface area contributed by atoms with Gasteiger partial charge in [-0.3, -0.25) is 9.59 Å². The third kappa shape index (κ3) is 8.27. The number of carboxylic acids is 1. The summed E-state index contributed by atoms with van der Waals surface area (Å²) in [4.78, 5) is 38.7. The van der Waals surface area contributed by atoms with E-state index >= 15 is 0 Å². The molecule has 4 N–H and O–H groups in total. The highest BCUT2D eigenvalue weighted by Crippen LogP contribution is 2.75. The predicted molar refractivity (Wildman–Crippen MR) is 229 cm³/mol. The van der Waals surface area contributed by atoms with E-state index in [0.29, 0.717) is 41.9 Å². The number of carboxylic acid groups (broad SMARTS) is 1. The van der Waals surface area contributed by atoms with Crippen LogP contribution < -0.4 is 10.6 Å². The van der Waals surface area contributed by atoms with Gasteiger partial charge in [0, 0.05) is 19.4 Å². The third-order valence-corrected chi connectivity index (χ3v) is 18.0. The average Bonchev–Trinajstić information content (AvgIpc) is 3.17. The fraction of sp³-hybridized carbons (Fsp3) is 0.780. The number of allylic oxidation sites excluding steroid dienone is 2. The van der Waals surface area contributed by atoms with Crippen LogP contribution in [-0.2, 0) is 20.8 Å². The first-order valence-corrected chi connectivity index (χ1v) is 23.2. The van der Waals surface area contributed by atoms with Gasteiger partial charge in [0.25, 0.3) is 0 Å². The molecule has 4 fully saturated rings. The minimum Gasteiger partial charge on any atom is -0.480 e. The summed E-state index contributed by atoms with van der Waals surface area (Å²) in [5.74, 6) is 1.70. The zero-order valence-electron chi connectivity index (χ0n) is 36.8. The van der Waals surface area contributed by atoms with Crippen molar-refractivity contribution in [3.05, 3.63) is 47.5 Å². The van der Waals surface area contributed by atoms with E-state index in [1.165, 1.54) is 12.8 Å². The molecule has 5 aliphatic carbocycles. The number of fused-ring (bicyclic) bond motifs is 7. The van der Waals surface area contributed by atoms with Crippen LogP contribution in [0.4, 0.5) is 0 Å². The summed E-state index contributed by atoms with van der Waals surface area (Å²) in [7, 11) is 0. The molecule has 2 amide bonds. The van der Waals surface area contributed by atoms with Gasteiger partial charge in [0.05, 0.1) is 11.5 Å². The molecule has 0 saturated heterocycles. The molecule has 0 aliphatic heterocycles. The lowest BCUT2D eigenvalue weighted by Crippen LogP contribution is -2.66. The average molecular weight is 787 g/mol. The molecule has 7 nitrogen and oxygen atoms in total. The van der Waals surface area contributed by atoms with Crippen LogP contribution in [0, 0.1) is 56.7 Å². The monoisotopic (exact) mass is 787 g/mol. The standard InChI is InChI=1S/C50H78N2O5/c1-34-24-29-50(45(57)51-32-18-13-11-9-8-10-12-17-21-42(54)52-38(44(55)56)33-36-19-15-14-16-20-36)31-30-48(6)37(43(50)35(34)2)22-23-40-47(5)27-26-41(53)46(3,4)39(47)25-28-49(40,48)7/h14-16,19-20,22,34-35,38-41,43,53H,8-13,17-18,21,23-33H2,1-7H3,(H,51,57)(H,52,54)(H,55,56)/t34-,35+,38+,39+,40-,41+,43+,47+,48-,49-,50+/m1/s1. The van der Waals surface area contributed by atoms with Crippen molar-refractivity contribution in [3.63, 3.8) is 0 Å². The molecule has 0 bridgehead atoms. The van der Waals surface area contributed by atoms with E-state index in [0.717, 1.165) is 108 Å². The van der Waals surface area contributed by atoms with Crippen LogP contribution in [0.1, 0.15) is 170 Å². The normalized spacial score (nSPS) is 37.3. The first-order valence-electron chi connectivity index (χ1n) is 23.2. The second-order valence-corrected chi connectivity index (χ2v) is 21.2. The maximum Gasteiger partial charge on any atom is 0.326 e. The van der Waals surface area contributed by atoms with Gasteiger partial charge in [0.15, 0.2) is 0 Å². The lowest BCUT2D eigenvalue weighted by Gasteiger charge is -2.71. The number of hydrogen-bond acceptors (Lipinski definition) is 4. The quantitative estimate of drug-likeness (QED) is 0.0984. The van der Waals surface area contributed by atoms with Gasteiger partial charge in [-0.05, 0) is 127 Å². The van der Waals surface area contributed by atoms with E-state index in [9.17, 15) is 24.6 Å². The molecule has 318 valence electrons. The van der Waals surface area contributed by atoms with Gasteiger partial charge in [-0.1, -0.05) is 129 Å². The summed E-state index contributed by atoms with van der Waals surface area (Å²) < 4.78 is 0. The van der Waals surface area contributed by atoms with Crippen LogP contribution in [0.25, 0.3) is 0 Å². The van der Waals surface area contributed by atoms with Crippen molar-refractivity contribution in [1.29, 1.82) is 0 Å². The number of aliphatic hydroxyl groups is 1. The molecular weight excluding hydrogens is 709 g/mol. The second-order valence-electron chi connectivity index (χ2n) is 21.2. The van der Waals surface area contributed by atoms with Crippen molar-refractivity contribution in [1.82, 2.24) is 10.6 Å². The summed E-state index contributed by atoms with van der Waals surface area (Å²) in [6.45, 7) is 18.1. The fourth-order valence-corrected chi connectivity index (χ4v) is 14.0. The highest BCUT2D eigenvalue weighted by atomic mass is 16.4. The zero-order chi connectivity index (χ0) is 41.2. The summed E-state index contributed by atoms with van der Waals surface area (Å²) in [5.41, 5.74) is 2.71.